The number of hydrogen-bond donors (Lipinski definition) is 0. The van der Waals surface area contributed by atoms with Gasteiger partial charge in [0.15, 0.2) is 5.78 Å². The minimum absolute atomic E-state index is 0.0612. The summed E-state index contributed by atoms with van der Waals surface area (Å²) in [6, 6.07) is 0. The molecule has 2 bridgehead atoms. The predicted octanol–water partition coefficient (Wildman–Crippen LogP) is 1.90. The fraction of sp³-hybridized carbons (Fsp3) is 0.909. The number of ether oxygens (including phenoxy) is 2. The summed E-state index contributed by atoms with van der Waals surface area (Å²) in [4.78, 5) is 11.6. The maximum absolute atomic E-state index is 11.6. The number of rotatable bonds is 2. The van der Waals surface area contributed by atoms with Gasteiger partial charge in [-0.15, -0.1) is 0 Å². The SMILES string of the molecule is CCC1(CC)CO[C@@]2(C)O[C@@H]1CC2=O. The topological polar surface area (TPSA) is 35.5 Å². The number of Topliss-reactive ketones (excluding diaryl/α,β-unsaturated/α-hetero) is 1. The third kappa shape index (κ3) is 1.15. The van der Waals surface area contributed by atoms with Crippen molar-refractivity contribution in [3.63, 3.8) is 0 Å². The molecule has 0 aromatic heterocycles. The van der Waals surface area contributed by atoms with Gasteiger partial charge in [-0.3, -0.25) is 4.79 Å². The Morgan fingerprint density at radius 1 is 1.43 bits per heavy atom. The summed E-state index contributed by atoms with van der Waals surface area (Å²) < 4.78 is 11.3. The molecule has 0 unspecified atom stereocenters. The van der Waals surface area contributed by atoms with Gasteiger partial charge in [0.05, 0.1) is 12.7 Å². The van der Waals surface area contributed by atoms with Crippen LogP contribution in [0.3, 0.4) is 0 Å². The van der Waals surface area contributed by atoms with Crippen LogP contribution in [0.4, 0.5) is 0 Å². The van der Waals surface area contributed by atoms with Crippen LogP contribution in [0.15, 0.2) is 0 Å². The van der Waals surface area contributed by atoms with E-state index in [4.69, 9.17) is 9.47 Å². The van der Waals surface area contributed by atoms with Crippen LogP contribution in [0.1, 0.15) is 40.0 Å². The van der Waals surface area contributed by atoms with E-state index in [1.165, 1.54) is 0 Å². The number of carbonyl (C=O) groups excluding carboxylic acids is 1. The van der Waals surface area contributed by atoms with E-state index in [9.17, 15) is 4.79 Å². The Hall–Kier alpha value is -0.410. The molecule has 3 nitrogen and oxygen atoms in total. The third-order valence-corrected chi connectivity index (χ3v) is 3.97. The molecule has 3 heteroatoms. The van der Waals surface area contributed by atoms with Crippen LogP contribution in [0.5, 0.6) is 0 Å². The van der Waals surface area contributed by atoms with Crippen LogP contribution in [0.2, 0.25) is 0 Å². The Kier molecular flexibility index (Phi) is 2.20. The van der Waals surface area contributed by atoms with Crippen LogP contribution in [0, 0.1) is 5.41 Å². The van der Waals surface area contributed by atoms with Crippen LogP contribution >= 0.6 is 0 Å². The highest BCUT2D eigenvalue weighted by Gasteiger charge is 2.57. The van der Waals surface area contributed by atoms with Crippen LogP contribution in [-0.2, 0) is 14.3 Å². The van der Waals surface area contributed by atoms with E-state index >= 15 is 0 Å². The van der Waals surface area contributed by atoms with Crippen molar-refractivity contribution in [1.82, 2.24) is 0 Å². The van der Waals surface area contributed by atoms with Crippen molar-refractivity contribution in [1.29, 1.82) is 0 Å². The monoisotopic (exact) mass is 198 g/mol. The highest BCUT2D eigenvalue weighted by atomic mass is 16.7. The summed E-state index contributed by atoms with van der Waals surface area (Å²) >= 11 is 0. The lowest BCUT2D eigenvalue weighted by Gasteiger charge is -2.43. The average molecular weight is 198 g/mol. The number of hydrogen-bond acceptors (Lipinski definition) is 3. The molecular weight excluding hydrogens is 180 g/mol. The first-order valence-corrected chi connectivity index (χ1v) is 5.41. The molecule has 2 atom stereocenters. The minimum Gasteiger partial charge on any atom is -0.343 e. The first-order valence-electron chi connectivity index (χ1n) is 5.41. The molecule has 2 aliphatic rings. The molecule has 2 saturated heterocycles. The van der Waals surface area contributed by atoms with Gasteiger partial charge in [0.1, 0.15) is 0 Å². The Balaban J connectivity index is 2.26. The Morgan fingerprint density at radius 3 is 2.64 bits per heavy atom. The quantitative estimate of drug-likeness (QED) is 0.679. The molecule has 14 heavy (non-hydrogen) atoms. The predicted molar refractivity (Wildman–Crippen MR) is 51.9 cm³/mol. The number of carbonyl (C=O) groups is 1. The first kappa shape index (κ1) is 10.1. The molecule has 0 radical (unpaired) electrons. The molecule has 0 spiro atoms. The van der Waals surface area contributed by atoms with Crippen LogP contribution in [-0.4, -0.2) is 24.3 Å². The second-order valence-corrected chi connectivity index (χ2v) is 4.54. The van der Waals surface area contributed by atoms with Gasteiger partial charge in [-0.1, -0.05) is 13.8 Å². The van der Waals surface area contributed by atoms with Gasteiger partial charge in [0.25, 0.3) is 0 Å². The molecule has 80 valence electrons. The average Bonchev–Trinajstić information content (AvgIpc) is 2.42. The maximum Gasteiger partial charge on any atom is 0.226 e. The molecular formula is C11H18O3. The van der Waals surface area contributed by atoms with Crippen molar-refractivity contribution in [2.24, 2.45) is 5.41 Å². The van der Waals surface area contributed by atoms with Gasteiger partial charge >= 0.3 is 0 Å². The highest BCUT2D eigenvalue weighted by Crippen LogP contribution is 2.47. The third-order valence-electron chi connectivity index (χ3n) is 3.97. The van der Waals surface area contributed by atoms with E-state index in [0.29, 0.717) is 13.0 Å². The number of ketones is 1. The molecule has 0 saturated carbocycles. The van der Waals surface area contributed by atoms with Crippen LogP contribution < -0.4 is 0 Å². The number of fused-ring (bicyclic) bond motifs is 2. The lowest BCUT2D eigenvalue weighted by molar-refractivity contribution is -0.283. The maximum atomic E-state index is 11.6. The van der Waals surface area contributed by atoms with E-state index in [-0.39, 0.29) is 17.3 Å². The molecule has 0 aliphatic carbocycles. The zero-order valence-corrected chi connectivity index (χ0v) is 9.13. The smallest absolute Gasteiger partial charge is 0.226 e. The molecule has 2 aliphatic heterocycles. The summed E-state index contributed by atoms with van der Waals surface area (Å²) in [5, 5.41) is 0. The molecule has 0 aromatic rings. The van der Waals surface area contributed by atoms with Gasteiger partial charge in [-0.05, 0) is 19.8 Å². The van der Waals surface area contributed by atoms with E-state index in [1.54, 1.807) is 6.92 Å². The van der Waals surface area contributed by atoms with Crippen molar-refractivity contribution in [3.05, 3.63) is 0 Å². The highest BCUT2D eigenvalue weighted by molar-refractivity contribution is 5.88. The van der Waals surface area contributed by atoms with E-state index in [0.717, 1.165) is 12.8 Å². The summed E-state index contributed by atoms with van der Waals surface area (Å²) in [6.45, 7) is 6.68. The van der Waals surface area contributed by atoms with Crippen molar-refractivity contribution in [3.8, 4) is 0 Å². The second kappa shape index (κ2) is 3.04. The summed E-state index contributed by atoms with van der Waals surface area (Å²) in [5.41, 5.74) is 0.0612. The van der Waals surface area contributed by atoms with Crippen LogP contribution in [0.25, 0.3) is 0 Å². The largest absolute Gasteiger partial charge is 0.343 e. The fourth-order valence-electron chi connectivity index (χ4n) is 2.47. The molecule has 0 aromatic carbocycles. The van der Waals surface area contributed by atoms with Crippen molar-refractivity contribution in [2.45, 2.75) is 51.9 Å². The van der Waals surface area contributed by atoms with E-state index in [1.807, 2.05) is 0 Å². The lowest BCUT2D eigenvalue weighted by atomic mass is 9.77. The van der Waals surface area contributed by atoms with E-state index in [2.05, 4.69) is 13.8 Å². The first-order chi connectivity index (χ1) is 6.56. The van der Waals surface area contributed by atoms with Gasteiger partial charge < -0.3 is 9.47 Å². The standard InChI is InChI=1S/C11H18O3/c1-4-11(5-2)7-13-10(3)8(12)6-9(11)14-10/h9H,4-7H2,1-3H3/t9-,10+/m1/s1. The summed E-state index contributed by atoms with van der Waals surface area (Å²) in [6.07, 6.45) is 2.62. The lowest BCUT2D eigenvalue weighted by Crippen LogP contribution is -2.49. The fourth-order valence-corrected chi connectivity index (χ4v) is 2.47. The van der Waals surface area contributed by atoms with E-state index < -0.39 is 5.79 Å². The van der Waals surface area contributed by atoms with Crippen molar-refractivity contribution < 1.29 is 14.3 Å². The Bertz CT molecular complexity index is 257. The zero-order chi connectivity index (χ0) is 10.4. The molecule has 2 heterocycles. The van der Waals surface area contributed by atoms with Gasteiger partial charge in [0.2, 0.25) is 5.79 Å². The zero-order valence-electron chi connectivity index (χ0n) is 9.13. The summed E-state index contributed by atoms with van der Waals surface area (Å²) in [5.74, 6) is -0.829. The van der Waals surface area contributed by atoms with Gasteiger partial charge in [-0.2, -0.15) is 0 Å². The van der Waals surface area contributed by atoms with Gasteiger partial charge in [-0.25, -0.2) is 0 Å². The van der Waals surface area contributed by atoms with Gasteiger partial charge in [0, 0.05) is 11.8 Å². The molecule has 2 rings (SSSR count). The minimum atomic E-state index is -0.932. The van der Waals surface area contributed by atoms with Crippen molar-refractivity contribution >= 4 is 5.78 Å². The Labute approximate surface area is 84.8 Å². The Morgan fingerprint density at radius 2 is 2.07 bits per heavy atom. The normalized spacial score (nSPS) is 40.2. The molecule has 2 fully saturated rings. The molecule has 0 N–H and O–H groups in total. The molecule has 0 amide bonds. The van der Waals surface area contributed by atoms with Crippen molar-refractivity contribution in [2.75, 3.05) is 6.61 Å². The second-order valence-electron chi connectivity index (χ2n) is 4.54. The summed E-state index contributed by atoms with van der Waals surface area (Å²) in [7, 11) is 0.